The molecule has 0 bridgehead atoms. The molecule has 28 heavy (non-hydrogen) atoms. The first-order valence-corrected chi connectivity index (χ1v) is 9.03. The Morgan fingerprint density at radius 1 is 1.14 bits per heavy atom. The van der Waals surface area contributed by atoms with Gasteiger partial charge in [-0.05, 0) is 12.5 Å². The van der Waals surface area contributed by atoms with Crippen molar-refractivity contribution in [2.75, 3.05) is 6.61 Å². The topological polar surface area (TPSA) is 86.5 Å². The number of nitrogens with zero attached hydrogens (tertiary/aromatic N) is 5. The smallest absolute Gasteiger partial charge is 0.332 e. The molecule has 1 aromatic carbocycles. The Hall–Kier alpha value is -3.39. The van der Waals surface area contributed by atoms with Crippen LogP contribution in [0.4, 0.5) is 0 Å². The predicted octanol–water partition coefficient (Wildman–Crippen LogP) is 1.16. The molecule has 8 heteroatoms. The Morgan fingerprint density at radius 3 is 2.61 bits per heavy atom. The number of aryl methyl sites for hydroxylation is 2. The Kier molecular flexibility index (Phi) is 4.48. The molecule has 4 aromatic rings. The number of aromatic nitrogens is 5. The lowest BCUT2D eigenvalue weighted by Gasteiger charge is -2.05. The summed E-state index contributed by atoms with van der Waals surface area (Å²) >= 11 is 0. The molecule has 1 N–H and O–H groups in total. The number of imidazole rings is 2. The molecule has 0 amide bonds. The molecule has 0 aliphatic carbocycles. The van der Waals surface area contributed by atoms with E-state index in [9.17, 15) is 14.7 Å². The van der Waals surface area contributed by atoms with E-state index in [4.69, 9.17) is 0 Å². The van der Waals surface area contributed by atoms with Crippen LogP contribution in [0.1, 0.15) is 11.3 Å². The molecule has 144 valence electrons. The van der Waals surface area contributed by atoms with Gasteiger partial charge in [-0.3, -0.25) is 18.3 Å². The van der Waals surface area contributed by atoms with Crippen LogP contribution in [0.5, 0.6) is 0 Å². The largest absolute Gasteiger partial charge is 0.395 e. The van der Waals surface area contributed by atoms with Crippen molar-refractivity contribution >= 4 is 23.0 Å². The summed E-state index contributed by atoms with van der Waals surface area (Å²) in [5.41, 5.74) is 1.76. The quantitative estimate of drug-likeness (QED) is 0.564. The fourth-order valence-corrected chi connectivity index (χ4v) is 3.45. The first-order valence-electron chi connectivity index (χ1n) is 9.03. The minimum atomic E-state index is -0.415. The number of fused-ring (bicyclic) bond motifs is 3. The molecule has 0 radical (unpaired) electrons. The minimum Gasteiger partial charge on any atom is -0.395 e. The third-order valence-corrected chi connectivity index (χ3v) is 4.86. The summed E-state index contributed by atoms with van der Waals surface area (Å²) in [6.45, 7) is 2.38. The van der Waals surface area contributed by atoms with Gasteiger partial charge >= 0.3 is 5.69 Å². The van der Waals surface area contributed by atoms with E-state index in [1.807, 2.05) is 47.9 Å². The van der Waals surface area contributed by atoms with Crippen LogP contribution in [0.25, 0.3) is 23.0 Å². The molecule has 0 saturated heterocycles. The minimum absolute atomic E-state index is 0.0399. The van der Waals surface area contributed by atoms with Gasteiger partial charge in [0.15, 0.2) is 11.2 Å². The number of benzene rings is 1. The van der Waals surface area contributed by atoms with Crippen LogP contribution < -0.4 is 11.2 Å². The molecule has 4 rings (SSSR count). The van der Waals surface area contributed by atoms with Gasteiger partial charge in [0.25, 0.3) is 5.56 Å². The van der Waals surface area contributed by atoms with E-state index in [2.05, 4.69) is 4.98 Å². The van der Waals surface area contributed by atoms with Crippen molar-refractivity contribution in [2.45, 2.75) is 20.0 Å². The normalized spacial score (nSPS) is 12.0. The first-order chi connectivity index (χ1) is 13.5. The first kappa shape index (κ1) is 18.0. The summed E-state index contributed by atoms with van der Waals surface area (Å²) in [4.78, 5) is 30.3. The van der Waals surface area contributed by atoms with Crippen LogP contribution in [0.15, 0.2) is 52.2 Å². The maximum Gasteiger partial charge on any atom is 0.332 e. The van der Waals surface area contributed by atoms with E-state index in [1.165, 1.54) is 9.13 Å². The Morgan fingerprint density at radius 2 is 1.89 bits per heavy atom. The fourth-order valence-electron chi connectivity index (χ4n) is 3.45. The SMILES string of the molecule is Cc1cn2c3c(=O)n(CC=Cc4ccccc4)c(=O)n(C)c3nc2n1CCO. The number of rotatable bonds is 5. The van der Waals surface area contributed by atoms with Crippen molar-refractivity contribution in [2.24, 2.45) is 7.05 Å². The van der Waals surface area contributed by atoms with Gasteiger partial charge in [-0.15, -0.1) is 0 Å². The Labute approximate surface area is 160 Å². The number of hydrogen-bond donors (Lipinski definition) is 1. The molecule has 0 aliphatic heterocycles. The van der Waals surface area contributed by atoms with Crippen LogP contribution in [0.3, 0.4) is 0 Å². The molecule has 0 aliphatic rings. The van der Waals surface area contributed by atoms with Gasteiger partial charge in [0.2, 0.25) is 5.78 Å². The average Bonchev–Trinajstić information content (AvgIpc) is 3.20. The molecule has 3 heterocycles. The summed E-state index contributed by atoms with van der Waals surface area (Å²) < 4.78 is 6.11. The lowest BCUT2D eigenvalue weighted by Crippen LogP contribution is -2.39. The van der Waals surface area contributed by atoms with Gasteiger partial charge in [-0.25, -0.2) is 4.79 Å². The summed E-state index contributed by atoms with van der Waals surface area (Å²) in [6, 6.07) is 9.70. The Bertz CT molecular complexity index is 1310. The van der Waals surface area contributed by atoms with Gasteiger partial charge < -0.3 is 9.67 Å². The predicted molar refractivity (Wildman–Crippen MR) is 107 cm³/mol. The molecule has 0 unspecified atom stereocenters. The van der Waals surface area contributed by atoms with Crippen molar-refractivity contribution in [1.29, 1.82) is 0 Å². The highest BCUT2D eigenvalue weighted by Gasteiger charge is 2.19. The van der Waals surface area contributed by atoms with Crippen molar-refractivity contribution < 1.29 is 5.11 Å². The third kappa shape index (κ3) is 2.78. The van der Waals surface area contributed by atoms with Crippen LogP contribution in [0, 0.1) is 6.92 Å². The van der Waals surface area contributed by atoms with Crippen molar-refractivity contribution in [3.8, 4) is 0 Å². The highest BCUT2D eigenvalue weighted by molar-refractivity contribution is 5.75. The zero-order chi connectivity index (χ0) is 19.8. The summed E-state index contributed by atoms with van der Waals surface area (Å²) in [6.07, 6.45) is 5.48. The van der Waals surface area contributed by atoms with E-state index in [-0.39, 0.29) is 18.7 Å². The molecule has 3 aromatic heterocycles. The van der Waals surface area contributed by atoms with Crippen LogP contribution in [-0.4, -0.2) is 34.8 Å². The summed E-state index contributed by atoms with van der Waals surface area (Å²) in [5, 5.41) is 9.30. The van der Waals surface area contributed by atoms with E-state index in [0.29, 0.717) is 23.5 Å². The zero-order valence-corrected chi connectivity index (χ0v) is 15.7. The highest BCUT2D eigenvalue weighted by atomic mass is 16.3. The fraction of sp³-hybridized carbons (Fsp3) is 0.250. The van der Waals surface area contributed by atoms with E-state index in [0.717, 1.165) is 11.3 Å². The van der Waals surface area contributed by atoms with Gasteiger partial charge in [0, 0.05) is 32.0 Å². The average molecular weight is 379 g/mol. The number of allylic oxidation sites excluding steroid dienone is 1. The molecule has 0 fully saturated rings. The zero-order valence-electron chi connectivity index (χ0n) is 15.7. The van der Waals surface area contributed by atoms with Crippen molar-refractivity contribution in [3.63, 3.8) is 0 Å². The molecule has 8 nitrogen and oxygen atoms in total. The lowest BCUT2D eigenvalue weighted by molar-refractivity contribution is 0.276. The van der Waals surface area contributed by atoms with Gasteiger partial charge in [-0.1, -0.05) is 42.5 Å². The number of aliphatic hydroxyl groups excluding tert-OH is 1. The van der Waals surface area contributed by atoms with Gasteiger partial charge in [0.05, 0.1) is 6.61 Å². The maximum absolute atomic E-state index is 13.1. The van der Waals surface area contributed by atoms with Crippen molar-refractivity contribution in [1.82, 2.24) is 23.1 Å². The maximum atomic E-state index is 13.1. The Balaban J connectivity index is 1.87. The second-order valence-corrected chi connectivity index (χ2v) is 6.67. The lowest BCUT2D eigenvalue weighted by atomic mass is 10.2. The van der Waals surface area contributed by atoms with Gasteiger partial charge in [0.1, 0.15) is 0 Å². The second kappa shape index (κ2) is 6.97. The van der Waals surface area contributed by atoms with E-state index < -0.39 is 5.69 Å². The summed E-state index contributed by atoms with van der Waals surface area (Å²) in [5.74, 6) is 0.534. The second-order valence-electron chi connectivity index (χ2n) is 6.67. The van der Waals surface area contributed by atoms with Crippen LogP contribution in [-0.2, 0) is 20.1 Å². The van der Waals surface area contributed by atoms with Crippen molar-refractivity contribution in [3.05, 3.63) is 74.7 Å². The number of hydrogen-bond acceptors (Lipinski definition) is 4. The molecule has 0 spiro atoms. The van der Waals surface area contributed by atoms with E-state index >= 15 is 0 Å². The monoisotopic (exact) mass is 379 g/mol. The standard InChI is InChI=1S/C20H21N5O3/c1-14-13-25-16-17(21-19(25)23(14)11-12-26)22(2)20(28)24(18(16)27)10-6-9-15-7-4-3-5-8-15/h3-9,13,26H,10-12H2,1-2H3. The molecule has 0 atom stereocenters. The summed E-state index contributed by atoms with van der Waals surface area (Å²) in [7, 11) is 1.61. The number of aliphatic hydroxyl groups is 1. The van der Waals surface area contributed by atoms with Crippen LogP contribution in [0.2, 0.25) is 0 Å². The van der Waals surface area contributed by atoms with Crippen LogP contribution >= 0.6 is 0 Å². The molecular formula is C20H21N5O3. The van der Waals surface area contributed by atoms with E-state index in [1.54, 1.807) is 23.7 Å². The van der Waals surface area contributed by atoms with Gasteiger partial charge in [-0.2, -0.15) is 4.98 Å². The third-order valence-electron chi connectivity index (χ3n) is 4.86. The molecular weight excluding hydrogens is 358 g/mol. The highest BCUT2D eigenvalue weighted by Crippen LogP contribution is 2.15. The molecule has 0 saturated carbocycles.